The maximum atomic E-state index is 13.6. The topological polar surface area (TPSA) is 142 Å². The molecule has 0 spiro atoms. The maximum Gasteiger partial charge on any atom is 0.320 e. The number of carbonyl (C=O) groups is 2. The number of piperidine rings is 1. The molecule has 2 aliphatic rings. The van der Waals surface area contributed by atoms with Gasteiger partial charge in [0.15, 0.2) is 5.65 Å². The summed E-state index contributed by atoms with van der Waals surface area (Å²) in [7, 11) is 4.11. The van der Waals surface area contributed by atoms with E-state index in [2.05, 4.69) is 113 Å². The van der Waals surface area contributed by atoms with Crippen LogP contribution in [0.15, 0.2) is 72.9 Å². The molecule has 13 heteroatoms. The molecule has 0 unspecified atom stereocenters. The van der Waals surface area contributed by atoms with Gasteiger partial charge in [-0.3, -0.25) is 14.5 Å². The van der Waals surface area contributed by atoms with Gasteiger partial charge in [0.25, 0.3) is 6.47 Å². The van der Waals surface area contributed by atoms with Gasteiger partial charge in [-0.2, -0.15) is 5.10 Å². The highest BCUT2D eigenvalue weighted by atomic mass is 16.5. The van der Waals surface area contributed by atoms with Crippen molar-refractivity contribution in [3.8, 4) is 11.4 Å². The molecular formula is C40H51N9O4. The van der Waals surface area contributed by atoms with Gasteiger partial charge in [-0.05, 0) is 94.1 Å². The van der Waals surface area contributed by atoms with Crippen molar-refractivity contribution in [2.24, 2.45) is 0 Å². The van der Waals surface area contributed by atoms with Crippen LogP contribution in [0.4, 0.5) is 16.6 Å². The molecule has 0 bridgehead atoms. The van der Waals surface area contributed by atoms with E-state index < -0.39 is 0 Å². The number of nitrogens with one attached hydrogen (secondary N) is 2. The predicted octanol–water partition coefficient (Wildman–Crippen LogP) is 7.13. The minimum Gasteiger partial charge on any atom is -0.484 e. The number of amides is 2. The van der Waals surface area contributed by atoms with Crippen LogP contribution < -0.4 is 20.3 Å². The number of pyridine rings is 1. The van der Waals surface area contributed by atoms with Crippen LogP contribution >= 0.6 is 0 Å². The maximum absolute atomic E-state index is 13.6. The lowest BCUT2D eigenvalue weighted by atomic mass is 9.85. The Morgan fingerprint density at radius 2 is 1.74 bits per heavy atom. The normalized spacial score (nSPS) is 18.5. The molecule has 0 saturated carbocycles. The Morgan fingerprint density at radius 1 is 1.00 bits per heavy atom. The number of nitrogens with zero attached hydrogens (tertiary/aromatic N) is 7. The SMILES string of the molecule is C[C@H]1CCCCN1c1nnc2ccc(O[C@@H]3CC[C@H](NC(=O)Nc4cc(C(C)(C)C)nn4-c4ccc(CN(C)C)cc4)c4ccccc43)cn12.O=CO. The monoisotopic (exact) mass is 721 g/mol. The molecule has 2 aromatic carbocycles. The molecule has 3 N–H and O–H groups in total. The second-order valence-corrected chi connectivity index (χ2v) is 15.2. The third-order valence-electron chi connectivity index (χ3n) is 9.84. The number of carboxylic acid groups (broad SMARTS) is 1. The van der Waals surface area contributed by atoms with Crippen LogP contribution in [-0.2, 0) is 16.8 Å². The van der Waals surface area contributed by atoms with Crippen LogP contribution in [0, 0.1) is 0 Å². The second kappa shape index (κ2) is 16.1. The molecule has 3 aromatic heterocycles. The molecule has 5 aromatic rings. The summed E-state index contributed by atoms with van der Waals surface area (Å²) < 4.78 is 10.5. The Morgan fingerprint density at radius 3 is 2.43 bits per heavy atom. The van der Waals surface area contributed by atoms with Crippen LogP contribution in [-0.4, -0.2) is 73.6 Å². The van der Waals surface area contributed by atoms with E-state index in [1.807, 2.05) is 41.2 Å². The predicted molar refractivity (Wildman–Crippen MR) is 206 cm³/mol. The summed E-state index contributed by atoms with van der Waals surface area (Å²) in [6.07, 6.45) is 6.92. The Kier molecular flexibility index (Phi) is 11.3. The first-order valence-corrected chi connectivity index (χ1v) is 18.3. The average Bonchev–Trinajstić information content (AvgIpc) is 3.75. The summed E-state index contributed by atoms with van der Waals surface area (Å²) >= 11 is 0. The molecule has 0 radical (unpaired) electrons. The first-order valence-electron chi connectivity index (χ1n) is 18.3. The van der Waals surface area contributed by atoms with Crippen molar-refractivity contribution in [3.63, 3.8) is 0 Å². The minimum atomic E-state index is -0.271. The number of ether oxygens (including phenoxy) is 1. The van der Waals surface area contributed by atoms with Crippen molar-refractivity contribution in [1.29, 1.82) is 0 Å². The molecule has 13 nitrogen and oxygen atoms in total. The number of benzene rings is 2. The van der Waals surface area contributed by atoms with E-state index in [-0.39, 0.29) is 30.1 Å². The smallest absolute Gasteiger partial charge is 0.320 e. The molecule has 7 rings (SSSR count). The zero-order chi connectivity index (χ0) is 37.7. The minimum absolute atomic E-state index is 0.148. The Balaban J connectivity index is 0.00000155. The highest BCUT2D eigenvalue weighted by Gasteiger charge is 2.31. The fourth-order valence-electron chi connectivity index (χ4n) is 7.16. The van der Waals surface area contributed by atoms with Gasteiger partial charge >= 0.3 is 6.03 Å². The number of anilines is 2. The zero-order valence-electron chi connectivity index (χ0n) is 31.5. The van der Waals surface area contributed by atoms with Gasteiger partial charge in [-0.1, -0.05) is 57.2 Å². The molecule has 1 aliphatic carbocycles. The number of aromatic nitrogens is 5. The summed E-state index contributed by atoms with van der Waals surface area (Å²) in [5.74, 6) is 2.26. The first kappa shape index (κ1) is 37.3. The lowest BCUT2D eigenvalue weighted by Gasteiger charge is -2.33. The van der Waals surface area contributed by atoms with Gasteiger partial charge in [0.2, 0.25) is 5.95 Å². The van der Waals surface area contributed by atoms with E-state index in [0.717, 1.165) is 78.6 Å². The molecule has 4 heterocycles. The third-order valence-corrected chi connectivity index (χ3v) is 9.84. The fraction of sp³-hybridized carbons (Fsp3) is 0.425. The van der Waals surface area contributed by atoms with Gasteiger partial charge in [0, 0.05) is 30.6 Å². The van der Waals surface area contributed by atoms with Crippen molar-refractivity contribution in [2.45, 2.75) is 89.9 Å². The van der Waals surface area contributed by atoms with Crippen LogP contribution in [0.2, 0.25) is 0 Å². The standard InChI is InChI=1S/C39H49N9O2.CH2O2/c1-26-11-9-10-22-46(26)38-43-42-35-21-18-29(25-47(35)38)50-33-20-19-32(30-12-7-8-13-31(30)33)40-37(49)41-36-23-34(39(2,3)4)44-48(36)28-16-14-27(15-17-28)24-45(5)6;2-1-3/h7-8,12-18,21,23,25-26,32-33H,9-11,19-20,22,24H2,1-6H3,(H2,40,41,49);1H,(H,2,3)/t26-,32-,33+;/m0./s1. The average molecular weight is 722 g/mol. The van der Waals surface area contributed by atoms with Gasteiger partial charge in [-0.25, -0.2) is 9.48 Å². The Bertz CT molecular complexity index is 2010. The number of carbonyl (C=O) groups excluding carboxylic acids is 1. The summed E-state index contributed by atoms with van der Waals surface area (Å²) in [4.78, 5) is 26.5. The van der Waals surface area contributed by atoms with Crippen LogP contribution in [0.5, 0.6) is 5.75 Å². The van der Waals surface area contributed by atoms with Crippen molar-refractivity contribution in [1.82, 2.24) is 34.6 Å². The highest BCUT2D eigenvalue weighted by Crippen LogP contribution is 2.39. The number of fused-ring (bicyclic) bond motifs is 2. The number of hydrogen-bond donors (Lipinski definition) is 3. The van der Waals surface area contributed by atoms with E-state index in [1.165, 1.54) is 12.0 Å². The molecule has 1 aliphatic heterocycles. The highest BCUT2D eigenvalue weighted by molar-refractivity contribution is 5.89. The van der Waals surface area contributed by atoms with E-state index in [1.54, 1.807) is 0 Å². The zero-order valence-corrected chi connectivity index (χ0v) is 31.5. The van der Waals surface area contributed by atoms with E-state index >= 15 is 0 Å². The largest absolute Gasteiger partial charge is 0.484 e. The summed E-state index contributed by atoms with van der Waals surface area (Å²) in [5.41, 5.74) is 5.76. The molecule has 1 saturated heterocycles. The Labute approximate surface area is 311 Å². The Hall–Kier alpha value is -5.43. The van der Waals surface area contributed by atoms with E-state index in [0.29, 0.717) is 11.9 Å². The summed E-state index contributed by atoms with van der Waals surface area (Å²) in [6.45, 7) is 10.2. The second-order valence-electron chi connectivity index (χ2n) is 15.2. The quantitative estimate of drug-likeness (QED) is 0.143. The lowest BCUT2D eigenvalue weighted by molar-refractivity contribution is -0.122. The van der Waals surface area contributed by atoms with E-state index in [9.17, 15) is 4.79 Å². The lowest BCUT2D eigenvalue weighted by Crippen LogP contribution is -2.38. The van der Waals surface area contributed by atoms with Crippen molar-refractivity contribution in [3.05, 3.63) is 95.3 Å². The van der Waals surface area contributed by atoms with Crippen LogP contribution in [0.3, 0.4) is 0 Å². The van der Waals surface area contributed by atoms with Gasteiger partial charge in [0.05, 0.1) is 23.6 Å². The van der Waals surface area contributed by atoms with Crippen molar-refractivity contribution in [2.75, 3.05) is 30.9 Å². The molecule has 280 valence electrons. The van der Waals surface area contributed by atoms with Crippen molar-refractivity contribution < 1.29 is 19.4 Å². The fourth-order valence-corrected chi connectivity index (χ4v) is 7.16. The van der Waals surface area contributed by atoms with Gasteiger partial charge in [-0.15, -0.1) is 10.2 Å². The summed E-state index contributed by atoms with van der Waals surface area (Å²) in [5, 5.41) is 27.1. The summed E-state index contributed by atoms with van der Waals surface area (Å²) in [6, 6.07) is 22.5. The van der Waals surface area contributed by atoms with Gasteiger partial charge < -0.3 is 25.0 Å². The molecule has 53 heavy (non-hydrogen) atoms. The van der Waals surface area contributed by atoms with Crippen LogP contribution in [0.25, 0.3) is 11.3 Å². The first-order chi connectivity index (χ1) is 25.4. The van der Waals surface area contributed by atoms with E-state index in [4.69, 9.17) is 19.7 Å². The number of rotatable bonds is 8. The molecule has 3 atom stereocenters. The third kappa shape index (κ3) is 8.62. The molecule has 2 amide bonds. The number of urea groups is 1. The van der Waals surface area contributed by atoms with Crippen LogP contribution in [0.1, 0.15) is 94.3 Å². The van der Waals surface area contributed by atoms with Gasteiger partial charge in [0.1, 0.15) is 17.7 Å². The molecule has 1 fully saturated rings. The van der Waals surface area contributed by atoms with Crippen molar-refractivity contribution >= 4 is 29.9 Å². The number of hydrogen-bond acceptors (Lipinski definition) is 8. The molecular weight excluding hydrogens is 670 g/mol.